The zero-order valence-electron chi connectivity index (χ0n) is 9.79. The normalized spacial score (nSPS) is 11.2. The number of rotatable bonds is 3. The highest BCUT2D eigenvalue weighted by Crippen LogP contribution is 2.19. The summed E-state index contributed by atoms with van der Waals surface area (Å²) in [5.41, 5.74) is 7.37. The molecule has 5 nitrogen and oxygen atoms in total. The molecule has 0 atom stereocenters. The van der Waals surface area contributed by atoms with Gasteiger partial charge < -0.3 is 5.73 Å². The molecule has 0 aliphatic rings. The van der Waals surface area contributed by atoms with Gasteiger partial charge in [-0.05, 0) is 42.8 Å². The summed E-state index contributed by atoms with van der Waals surface area (Å²) >= 11 is 0. The van der Waals surface area contributed by atoms with Crippen molar-refractivity contribution in [2.75, 3.05) is 10.5 Å². The number of hydrogen-bond acceptors (Lipinski definition) is 4. The molecule has 0 spiro atoms. The number of nitrogen functional groups attached to an aromatic ring is 1. The Morgan fingerprint density at radius 1 is 1.28 bits per heavy atom. The number of sulfonamides is 1. The van der Waals surface area contributed by atoms with Crippen molar-refractivity contribution in [2.24, 2.45) is 0 Å². The van der Waals surface area contributed by atoms with Crippen LogP contribution < -0.4 is 10.5 Å². The van der Waals surface area contributed by atoms with Crippen LogP contribution in [0.2, 0.25) is 0 Å². The lowest BCUT2D eigenvalue weighted by atomic mass is 10.2. The maximum atomic E-state index is 12.1. The fourth-order valence-corrected chi connectivity index (χ4v) is 2.58. The smallest absolute Gasteiger partial charge is 0.261 e. The third-order valence-electron chi connectivity index (χ3n) is 2.47. The lowest BCUT2D eigenvalue weighted by Gasteiger charge is -2.09. The van der Waals surface area contributed by atoms with Crippen LogP contribution in [0.3, 0.4) is 0 Å². The molecule has 0 amide bonds. The minimum absolute atomic E-state index is 0.179. The summed E-state index contributed by atoms with van der Waals surface area (Å²) in [5.74, 6) is 0. The number of nitrogens with two attached hydrogens (primary N) is 1. The Hall–Kier alpha value is -2.08. The van der Waals surface area contributed by atoms with Gasteiger partial charge in [-0.3, -0.25) is 9.71 Å². The summed E-state index contributed by atoms with van der Waals surface area (Å²) in [6, 6.07) is 7.88. The van der Waals surface area contributed by atoms with Crippen molar-refractivity contribution in [1.29, 1.82) is 0 Å². The van der Waals surface area contributed by atoms with Crippen LogP contribution in [-0.4, -0.2) is 13.4 Å². The van der Waals surface area contributed by atoms with Crippen molar-refractivity contribution in [3.05, 3.63) is 48.3 Å². The van der Waals surface area contributed by atoms with Gasteiger partial charge in [-0.25, -0.2) is 8.42 Å². The highest BCUT2D eigenvalue weighted by molar-refractivity contribution is 7.92. The quantitative estimate of drug-likeness (QED) is 0.826. The van der Waals surface area contributed by atoms with E-state index in [0.29, 0.717) is 11.4 Å². The lowest BCUT2D eigenvalue weighted by molar-refractivity contribution is 0.601. The molecule has 0 saturated carbocycles. The molecule has 18 heavy (non-hydrogen) atoms. The third-order valence-corrected chi connectivity index (χ3v) is 3.84. The van der Waals surface area contributed by atoms with Crippen LogP contribution in [0.25, 0.3) is 0 Å². The molecular weight excluding hydrogens is 250 g/mol. The first-order valence-electron chi connectivity index (χ1n) is 5.28. The Morgan fingerprint density at radius 2 is 2.06 bits per heavy atom. The number of anilines is 2. The highest BCUT2D eigenvalue weighted by atomic mass is 32.2. The molecule has 2 aromatic rings. The molecule has 0 saturated heterocycles. The summed E-state index contributed by atoms with van der Waals surface area (Å²) in [6.07, 6.45) is 3.02. The highest BCUT2D eigenvalue weighted by Gasteiger charge is 2.14. The standard InChI is InChI=1S/C12H13N3O2S/c1-9-7-11(4-5-12(9)13)18(16,17)15-10-3-2-6-14-8-10/h2-8,15H,13H2,1H3. The van der Waals surface area contributed by atoms with E-state index in [1.54, 1.807) is 31.3 Å². The van der Waals surface area contributed by atoms with E-state index in [9.17, 15) is 8.42 Å². The Labute approximate surface area is 106 Å². The summed E-state index contributed by atoms with van der Waals surface area (Å²) in [6.45, 7) is 1.76. The largest absolute Gasteiger partial charge is 0.399 e. The van der Waals surface area contributed by atoms with Crippen molar-refractivity contribution < 1.29 is 8.42 Å². The first-order chi connectivity index (χ1) is 8.49. The second-order valence-electron chi connectivity index (χ2n) is 3.87. The van der Waals surface area contributed by atoms with Crippen LogP contribution in [0, 0.1) is 6.92 Å². The second kappa shape index (κ2) is 4.66. The fourth-order valence-electron chi connectivity index (χ4n) is 1.45. The maximum absolute atomic E-state index is 12.1. The van der Waals surface area contributed by atoms with Crippen LogP contribution in [0.5, 0.6) is 0 Å². The van der Waals surface area contributed by atoms with Crippen molar-refractivity contribution in [3.63, 3.8) is 0 Å². The number of aryl methyl sites for hydroxylation is 1. The molecule has 6 heteroatoms. The molecule has 1 aromatic heterocycles. The summed E-state index contributed by atoms with van der Waals surface area (Å²) in [4.78, 5) is 4.03. The zero-order valence-corrected chi connectivity index (χ0v) is 10.6. The van der Waals surface area contributed by atoms with E-state index in [4.69, 9.17) is 5.73 Å². The first-order valence-corrected chi connectivity index (χ1v) is 6.76. The molecule has 1 aromatic carbocycles. The van der Waals surface area contributed by atoms with Gasteiger partial charge in [0.1, 0.15) is 0 Å². The van der Waals surface area contributed by atoms with Gasteiger partial charge in [-0.2, -0.15) is 0 Å². The van der Waals surface area contributed by atoms with Gasteiger partial charge in [-0.15, -0.1) is 0 Å². The summed E-state index contributed by atoms with van der Waals surface area (Å²) < 4.78 is 26.6. The molecule has 1 heterocycles. The van der Waals surface area contributed by atoms with Crippen LogP contribution >= 0.6 is 0 Å². The number of hydrogen-bond donors (Lipinski definition) is 2. The van der Waals surface area contributed by atoms with Gasteiger partial charge in [-0.1, -0.05) is 0 Å². The molecular formula is C12H13N3O2S. The SMILES string of the molecule is Cc1cc(S(=O)(=O)Nc2cccnc2)ccc1N. The van der Waals surface area contributed by atoms with E-state index < -0.39 is 10.0 Å². The van der Waals surface area contributed by atoms with E-state index in [-0.39, 0.29) is 4.90 Å². The predicted octanol–water partition coefficient (Wildman–Crippen LogP) is 1.77. The number of benzene rings is 1. The second-order valence-corrected chi connectivity index (χ2v) is 5.55. The van der Waals surface area contributed by atoms with Crippen LogP contribution in [0.4, 0.5) is 11.4 Å². The fraction of sp³-hybridized carbons (Fsp3) is 0.0833. The van der Waals surface area contributed by atoms with Gasteiger partial charge in [0, 0.05) is 11.9 Å². The van der Waals surface area contributed by atoms with E-state index >= 15 is 0 Å². The van der Waals surface area contributed by atoms with Gasteiger partial charge in [0.05, 0.1) is 16.8 Å². The van der Waals surface area contributed by atoms with Crippen LogP contribution in [-0.2, 0) is 10.0 Å². The number of aromatic nitrogens is 1. The minimum atomic E-state index is -3.60. The molecule has 0 aliphatic heterocycles. The topological polar surface area (TPSA) is 85.1 Å². The first kappa shape index (κ1) is 12.4. The van der Waals surface area contributed by atoms with Gasteiger partial charge in [0.25, 0.3) is 10.0 Å². The van der Waals surface area contributed by atoms with E-state index in [0.717, 1.165) is 5.56 Å². The van der Waals surface area contributed by atoms with Gasteiger partial charge in [0.2, 0.25) is 0 Å². The van der Waals surface area contributed by atoms with Crippen molar-refractivity contribution in [2.45, 2.75) is 11.8 Å². The average Bonchev–Trinajstić information content (AvgIpc) is 2.33. The van der Waals surface area contributed by atoms with E-state index in [2.05, 4.69) is 9.71 Å². The molecule has 94 valence electrons. The summed E-state index contributed by atoms with van der Waals surface area (Å²) in [7, 11) is -3.60. The Kier molecular flexibility index (Phi) is 3.20. The maximum Gasteiger partial charge on any atom is 0.261 e. The predicted molar refractivity (Wildman–Crippen MR) is 70.6 cm³/mol. The van der Waals surface area contributed by atoms with Gasteiger partial charge in [0.15, 0.2) is 0 Å². The lowest BCUT2D eigenvalue weighted by Crippen LogP contribution is -2.13. The molecule has 0 radical (unpaired) electrons. The Morgan fingerprint density at radius 3 is 2.67 bits per heavy atom. The van der Waals surface area contributed by atoms with Gasteiger partial charge >= 0.3 is 0 Å². The zero-order chi connectivity index (χ0) is 13.2. The van der Waals surface area contributed by atoms with Crippen molar-refractivity contribution in [1.82, 2.24) is 4.98 Å². The minimum Gasteiger partial charge on any atom is -0.399 e. The van der Waals surface area contributed by atoms with Crippen LogP contribution in [0.1, 0.15) is 5.56 Å². The third kappa shape index (κ3) is 2.60. The van der Waals surface area contributed by atoms with E-state index in [1.807, 2.05) is 0 Å². The molecule has 2 rings (SSSR count). The van der Waals surface area contributed by atoms with Crippen molar-refractivity contribution >= 4 is 21.4 Å². The van der Waals surface area contributed by atoms with Crippen molar-refractivity contribution in [3.8, 4) is 0 Å². The Balaban J connectivity index is 2.34. The molecule has 0 unspecified atom stereocenters. The monoisotopic (exact) mass is 263 g/mol. The average molecular weight is 263 g/mol. The molecule has 3 N–H and O–H groups in total. The Bertz CT molecular complexity index is 654. The summed E-state index contributed by atoms with van der Waals surface area (Å²) in [5, 5.41) is 0. The van der Waals surface area contributed by atoms with Crippen LogP contribution in [0.15, 0.2) is 47.6 Å². The molecule has 0 bridgehead atoms. The molecule has 0 aliphatic carbocycles. The molecule has 0 fully saturated rings. The number of nitrogens with one attached hydrogen (secondary N) is 1. The number of nitrogens with zero attached hydrogens (tertiary/aromatic N) is 1. The number of pyridine rings is 1. The van der Waals surface area contributed by atoms with E-state index in [1.165, 1.54) is 18.3 Å².